The van der Waals surface area contributed by atoms with E-state index in [9.17, 15) is 23.1 Å². The minimum absolute atomic E-state index is 0.00512. The highest BCUT2D eigenvalue weighted by atomic mass is 32.2. The second kappa shape index (κ2) is 10.0. The lowest BCUT2D eigenvalue weighted by atomic mass is 10.1. The molecule has 4 rings (SSSR count). The van der Waals surface area contributed by atoms with Crippen LogP contribution in [-0.4, -0.2) is 48.8 Å². The molecule has 10 nitrogen and oxygen atoms in total. The second-order valence-electron chi connectivity index (χ2n) is 7.71. The molecular formula is C25H22N4O6S. The number of amides is 1. The number of hydrogen-bond donors (Lipinski definition) is 2. The summed E-state index contributed by atoms with van der Waals surface area (Å²) in [5.41, 5.74) is 0.585. The second-order valence-corrected chi connectivity index (χ2v) is 9.54. The molecule has 2 heterocycles. The smallest absolute Gasteiger partial charge is 0.267 e. The molecule has 2 aromatic heterocycles. The Morgan fingerprint density at radius 2 is 1.75 bits per heavy atom. The molecule has 2 N–H and O–H groups in total. The number of carbonyl (C=O) groups is 2. The Balaban J connectivity index is 1.75. The van der Waals surface area contributed by atoms with E-state index in [4.69, 9.17) is 4.74 Å². The molecule has 0 spiro atoms. The Hall–Kier alpha value is -4.51. The van der Waals surface area contributed by atoms with Crippen LogP contribution in [0.5, 0.6) is 11.6 Å². The number of phenolic OH excluding ortho intramolecular Hbond substituents is 1. The summed E-state index contributed by atoms with van der Waals surface area (Å²) in [6, 6.07) is 15.2. The van der Waals surface area contributed by atoms with Crippen LogP contribution in [0.4, 0.5) is 11.4 Å². The van der Waals surface area contributed by atoms with Crippen LogP contribution >= 0.6 is 0 Å². The number of ketones is 1. The molecule has 0 aliphatic rings. The van der Waals surface area contributed by atoms with Gasteiger partial charge in [0.05, 0.1) is 18.2 Å². The van der Waals surface area contributed by atoms with E-state index in [0.717, 1.165) is 4.31 Å². The van der Waals surface area contributed by atoms with Gasteiger partial charge in [0.2, 0.25) is 11.8 Å². The van der Waals surface area contributed by atoms with Crippen molar-refractivity contribution in [3.63, 3.8) is 0 Å². The van der Waals surface area contributed by atoms with E-state index >= 15 is 0 Å². The van der Waals surface area contributed by atoms with Crippen LogP contribution < -0.4 is 14.4 Å². The lowest BCUT2D eigenvalue weighted by Gasteiger charge is -2.25. The molecule has 0 saturated carbocycles. The first-order valence-electron chi connectivity index (χ1n) is 10.7. The number of pyridine rings is 2. The number of ether oxygens (including phenoxy) is 1. The van der Waals surface area contributed by atoms with Crippen molar-refractivity contribution in [3.8, 4) is 11.6 Å². The van der Waals surface area contributed by atoms with E-state index in [0.29, 0.717) is 5.39 Å². The Kier molecular flexibility index (Phi) is 6.84. The van der Waals surface area contributed by atoms with Crippen LogP contribution in [0.25, 0.3) is 10.9 Å². The maximum Gasteiger partial charge on any atom is 0.267 e. The fraction of sp³-hybridized carbons (Fsp3) is 0.120. The van der Waals surface area contributed by atoms with Crippen molar-refractivity contribution in [1.29, 1.82) is 0 Å². The zero-order valence-corrected chi connectivity index (χ0v) is 20.2. The lowest BCUT2D eigenvalue weighted by Crippen LogP contribution is -2.38. The third-order valence-electron chi connectivity index (χ3n) is 5.32. The number of anilines is 2. The highest BCUT2D eigenvalue weighted by molar-refractivity contribution is 7.93. The highest BCUT2D eigenvalue weighted by Crippen LogP contribution is 2.32. The number of phenols is 1. The Morgan fingerprint density at radius 1 is 1.03 bits per heavy atom. The molecule has 0 aliphatic carbocycles. The van der Waals surface area contributed by atoms with Crippen LogP contribution in [0.3, 0.4) is 0 Å². The lowest BCUT2D eigenvalue weighted by molar-refractivity contribution is -0.114. The largest absolute Gasteiger partial charge is 0.507 e. The normalized spacial score (nSPS) is 11.2. The van der Waals surface area contributed by atoms with E-state index in [-0.39, 0.29) is 44.8 Å². The van der Waals surface area contributed by atoms with Gasteiger partial charge in [-0.3, -0.25) is 18.9 Å². The molecule has 0 radical (unpaired) electrons. The summed E-state index contributed by atoms with van der Waals surface area (Å²) in [5, 5.41) is 13.2. The summed E-state index contributed by atoms with van der Waals surface area (Å²) < 4.78 is 34.0. The molecule has 1 amide bonds. The number of carbonyl (C=O) groups excluding carboxylic acids is 2. The average Bonchev–Trinajstić information content (AvgIpc) is 2.86. The van der Waals surface area contributed by atoms with Gasteiger partial charge in [-0.05, 0) is 43.3 Å². The van der Waals surface area contributed by atoms with Crippen molar-refractivity contribution in [1.82, 2.24) is 9.97 Å². The van der Waals surface area contributed by atoms with E-state index in [1.165, 1.54) is 62.8 Å². The third-order valence-corrected chi connectivity index (χ3v) is 7.12. The third kappa shape index (κ3) is 4.82. The number of fused-ring (bicyclic) bond motifs is 1. The van der Waals surface area contributed by atoms with Crippen LogP contribution in [0.1, 0.15) is 17.3 Å². The quantitative estimate of drug-likeness (QED) is 0.347. The van der Waals surface area contributed by atoms with E-state index < -0.39 is 22.5 Å². The van der Waals surface area contributed by atoms with Gasteiger partial charge in [0, 0.05) is 29.5 Å². The molecule has 0 bridgehead atoms. The summed E-state index contributed by atoms with van der Waals surface area (Å²) in [4.78, 5) is 32.8. The fourth-order valence-corrected chi connectivity index (χ4v) is 5.26. The van der Waals surface area contributed by atoms with Gasteiger partial charge in [-0.2, -0.15) is 0 Å². The number of nitrogens with zero attached hydrogens (tertiary/aromatic N) is 3. The van der Waals surface area contributed by atoms with Gasteiger partial charge >= 0.3 is 0 Å². The first-order chi connectivity index (χ1) is 17.2. The number of methoxy groups -OCH3 is 1. The number of aromatic hydroxyl groups is 1. The summed E-state index contributed by atoms with van der Waals surface area (Å²) in [6.45, 7) is 0.669. The molecule has 0 unspecified atom stereocenters. The van der Waals surface area contributed by atoms with Crippen molar-refractivity contribution in [2.75, 3.05) is 23.3 Å². The molecular weight excluding hydrogens is 484 g/mol. The highest BCUT2D eigenvalue weighted by Gasteiger charge is 2.31. The molecule has 0 saturated heterocycles. The van der Waals surface area contributed by atoms with Crippen molar-refractivity contribution in [2.24, 2.45) is 0 Å². The molecule has 0 fully saturated rings. The molecule has 0 atom stereocenters. The van der Waals surface area contributed by atoms with Gasteiger partial charge < -0.3 is 15.2 Å². The zero-order valence-electron chi connectivity index (χ0n) is 19.4. The number of hydrogen-bond acceptors (Lipinski definition) is 8. The van der Waals surface area contributed by atoms with Crippen LogP contribution in [0.15, 0.2) is 78.0 Å². The van der Waals surface area contributed by atoms with Crippen molar-refractivity contribution < 1.29 is 27.9 Å². The Bertz CT molecular complexity index is 1570. The molecule has 36 heavy (non-hydrogen) atoms. The number of nitrogens with one attached hydrogen (secondary N) is 1. The number of para-hydroxylation sites is 1. The standard InChI is InChI=1S/C25H22N4O6S/c1-16(30)19-11-10-18(14-21(19)31)28-23(32)15-29(20-8-5-13-27-25(20)35-2)36(33,34)22-9-3-6-17-7-4-12-26-24(17)22/h3-14,31H,15H2,1-2H3,(H,28,32). The first-order valence-corrected chi connectivity index (χ1v) is 12.2. The SMILES string of the molecule is COc1ncccc1N(CC(=O)Nc1ccc(C(C)=O)c(O)c1)S(=O)(=O)c1cccc2cccnc12. The number of Topliss-reactive ketones (excluding diaryl/α,β-unsaturated/α-hetero) is 1. The maximum atomic E-state index is 13.9. The van der Waals surface area contributed by atoms with Crippen LogP contribution in [0.2, 0.25) is 0 Å². The molecule has 2 aromatic carbocycles. The predicted octanol–water partition coefficient (Wildman–Crippen LogP) is 3.38. The van der Waals surface area contributed by atoms with Crippen LogP contribution in [0, 0.1) is 0 Å². The van der Waals surface area contributed by atoms with E-state index in [1.807, 2.05) is 0 Å². The summed E-state index contributed by atoms with van der Waals surface area (Å²) in [7, 11) is -2.99. The Morgan fingerprint density at radius 3 is 2.47 bits per heavy atom. The van der Waals surface area contributed by atoms with Gasteiger partial charge in [-0.15, -0.1) is 0 Å². The molecule has 184 valence electrons. The number of sulfonamides is 1. The van der Waals surface area contributed by atoms with Crippen molar-refractivity contribution >= 4 is 44.0 Å². The van der Waals surface area contributed by atoms with E-state index in [1.54, 1.807) is 24.3 Å². The van der Waals surface area contributed by atoms with Gasteiger partial charge in [-0.1, -0.05) is 18.2 Å². The average molecular weight is 507 g/mol. The van der Waals surface area contributed by atoms with Crippen molar-refractivity contribution in [3.05, 3.63) is 78.6 Å². The minimum atomic E-state index is -4.33. The predicted molar refractivity (Wildman–Crippen MR) is 134 cm³/mol. The van der Waals surface area contributed by atoms with Gasteiger partial charge in [-0.25, -0.2) is 13.4 Å². The monoisotopic (exact) mass is 506 g/mol. The number of benzene rings is 2. The minimum Gasteiger partial charge on any atom is -0.507 e. The first kappa shape index (κ1) is 24.6. The molecule has 4 aromatic rings. The summed E-state index contributed by atoms with van der Waals surface area (Å²) >= 11 is 0. The summed E-state index contributed by atoms with van der Waals surface area (Å²) in [5.74, 6) is -1.34. The van der Waals surface area contributed by atoms with Crippen LogP contribution in [-0.2, 0) is 14.8 Å². The summed E-state index contributed by atoms with van der Waals surface area (Å²) in [6.07, 6.45) is 2.92. The van der Waals surface area contributed by atoms with Gasteiger partial charge in [0.15, 0.2) is 5.78 Å². The zero-order chi connectivity index (χ0) is 25.9. The van der Waals surface area contributed by atoms with Gasteiger partial charge in [0.1, 0.15) is 22.9 Å². The molecule has 0 aliphatic heterocycles. The Labute approximate surface area is 207 Å². The van der Waals surface area contributed by atoms with Gasteiger partial charge in [0.25, 0.3) is 10.0 Å². The molecule has 11 heteroatoms. The van der Waals surface area contributed by atoms with E-state index in [2.05, 4.69) is 15.3 Å². The number of rotatable bonds is 8. The fourth-order valence-electron chi connectivity index (χ4n) is 3.67. The topological polar surface area (TPSA) is 139 Å². The number of aromatic nitrogens is 2. The maximum absolute atomic E-state index is 13.9. The van der Waals surface area contributed by atoms with Crippen molar-refractivity contribution in [2.45, 2.75) is 11.8 Å².